The third-order valence-electron chi connectivity index (χ3n) is 3.41. The highest BCUT2D eigenvalue weighted by Gasteiger charge is 2.13. The fourth-order valence-corrected chi connectivity index (χ4v) is 2.28. The number of hydrogen-bond acceptors (Lipinski definition) is 3. The molecule has 21 heavy (non-hydrogen) atoms. The van der Waals surface area contributed by atoms with E-state index in [1.165, 1.54) is 0 Å². The molecule has 0 saturated heterocycles. The van der Waals surface area contributed by atoms with Crippen LogP contribution in [0.1, 0.15) is 24.0 Å². The van der Waals surface area contributed by atoms with Crippen LogP contribution in [0.4, 0.5) is 0 Å². The van der Waals surface area contributed by atoms with Gasteiger partial charge >= 0.3 is 0 Å². The first-order valence-electron chi connectivity index (χ1n) is 6.99. The Bertz CT molecular complexity index is 675. The van der Waals surface area contributed by atoms with Gasteiger partial charge in [-0.15, -0.1) is 0 Å². The lowest BCUT2D eigenvalue weighted by molar-refractivity contribution is 0.210. The minimum atomic E-state index is 0.834. The number of benzene rings is 2. The van der Waals surface area contributed by atoms with E-state index in [1.54, 1.807) is 7.11 Å². The van der Waals surface area contributed by atoms with Gasteiger partial charge < -0.3 is 9.57 Å². The normalized spacial score (nSPS) is 16.2. The molecule has 0 N–H and O–H groups in total. The van der Waals surface area contributed by atoms with Crippen LogP contribution in [0.5, 0.6) is 5.75 Å². The van der Waals surface area contributed by atoms with Gasteiger partial charge in [-0.05, 0) is 23.8 Å². The van der Waals surface area contributed by atoms with Crippen LogP contribution in [0.2, 0.25) is 0 Å². The molecule has 0 spiro atoms. The number of hydrogen-bond donors (Lipinski definition) is 0. The van der Waals surface area contributed by atoms with Gasteiger partial charge in [-0.1, -0.05) is 47.6 Å². The van der Waals surface area contributed by atoms with Crippen LogP contribution in [0.3, 0.4) is 0 Å². The lowest BCUT2D eigenvalue weighted by Gasteiger charge is -2.15. The second-order valence-corrected chi connectivity index (χ2v) is 4.88. The Morgan fingerprint density at radius 2 is 1.90 bits per heavy atom. The maximum absolute atomic E-state index is 5.53. The van der Waals surface area contributed by atoms with Crippen molar-refractivity contribution in [1.29, 1.82) is 0 Å². The Morgan fingerprint density at radius 1 is 1.05 bits per heavy atom. The predicted molar refractivity (Wildman–Crippen MR) is 84.3 cm³/mol. The van der Waals surface area contributed by atoms with Crippen LogP contribution in [0.15, 0.2) is 65.5 Å². The number of ether oxygens (including phenoxy) is 1. The van der Waals surface area contributed by atoms with Crippen molar-refractivity contribution < 1.29 is 9.57 Å². The topological polar surface area (TPSA) is 30.8 Å². The number of rotatable bonds is 3. The first kappa shape index (κ1) is 13.4. The molecular formula is C18H17NO2. The standard InChI is InChI=1S/C18H17NO2/c1-20-16-9-5-8-15(13-16)18-11-10-17(21-19-18)12-14-6-3-2-4-7-14/h2-9,12-13H,10-11H2,1H3/b17-12+. The SMILES string of the molecule is COc1cccc(C2=NO/C(=C/c3ccccc3)CC2)c1. The van der Waals surface area contributed by atoms with Crippen LogP contribution in [-0.2, 0) is 4.84 Å². The van der Waals surface area contributed by atoms with Gasteiger partial charge in [0.15, 0.2) is 0 Å². The van der Waals surface area contributed by atoms with E-state index in [0.717, 1.165) is 41.2 Å². The van der Waals surface area contributed by atoms with Crippen molar-refractivity contribution in [3.8, 4) is 5.75 Å². The molecule has 0 saturated carbocycles. The molecule has 0 radical (unpaired) electrons. The van der Waals surface area contributed by atoms with E-state index in [0.29, 0.717) is 0 Å². The summed E-state index contributed by atoms with van der Waals surface area (Å²) in [6.07, 6.45) is 3.75. The van der Waals surface area contributed by atoms with Crippen LogP contribution in [0, 0.1) is 0 Å². The van der Waals surface area contributed by atoms with Crippen molar-refractivity contribution in [3.63, 3.8) is 0 Å². The molecule has 0 fully saturated rings. The van der Waals surface area contributed by atoms with Crippen molar-refractivity contribution in [2.75, 3.05) is 7.11 Å². The second-order valence-electron chi connectivity index (χ2n) is 4.88. The molecule has 0 aromatic heterocycles. The number of methoxy groups -OCH3 is 1. The molecule has 2 aromatic carbocycles. The van der Waals surface area contributed by atoms with Crippen LogP contribution in [-0.4, -0.2) is 12.8 Å². The minimum Gasteiger partial charge on any atom is -0.497 e. The zero-order valence-electron chi connectivity index (χ0n) is 12.0. The third-order valence-corrected chi connectivity index (χ3v) is 3.41. The molecule has 3 heteroatoms. The maximum Gasteiger partial charge on any atom is 0.136 e. The average Bonchev–Trinajstić information content (AvgIpc) is 2.56. The smallest absolute Gasteiger partial charge is 0.136 e. The zero-order valence-corrected chi connectivity index (χ0v) is 12.0. The zero-order chi connectivity index (χ0) is 14.5. The van der Waals surface area contributed by atoms with Gasteiger partial charge in [0, 0.05) is 18.4 Å². The maximum atomic E-state index is 5.53. The Labute approximate surface area is 124 Å². The monoisotopic (exact) mass is 279 g/mol. The first-order valence-corrected chi connectivity index (χ1v) is 6.99. The van der Waals surface area contributed by atoms with E-state index < -0.39 is 0 Å². The highest BCUT2D eigenvalue weighted by atomic mass is 16.6. The highest BCUT2D eigenvalue weighted by molar-refractivity contribution is 6.01. The quantitative estimate of drug-likeness (QED) is 0.841. The molecular weight excluding hydrogens is 262 g/mol. The van der Waals surface area contributed by atoms with Crippen molar-refractivity contribution in [1.82, 2.24) is 0 Å². The van der Waals surface area contributed by atoms with Crippen molar-refractivity contribution >= 4 is 11.8 Å². The van der Waals surface area contributed by atoms with Gasteiger partial charge in [0.05, 0.1) is 12.8 Å². The second kappa shape index (κ2) is 6.27. The summed E-state index contributed by atoms with van der Waals surface area (Å²) in [7, 11) is 1.67. The molecule has 3 rings (SSSR count). The lowest BCUT2D eigenvalue weighted by atomic mass is 10.0. The Hall–Kier alpha value is -2.55. The Morgan fingerprint density at radius 3 is 2.62 bits per heavy atom. The van der Waals surface area contributed by atoms with E-state index >= 15 is 0 Å². The summed E-state index contributed by atoms with van der Waals surface area (Å²) in [6.45, 7) is 0. The molecule has 0 amide bonds. The summed E-state index contributed by atoms with van der Waals surface area (Å²) >= 11 is 0. The highest BCUT2D eigenvalue weighted by Crippen LogP contribution is 2.23. The van der Waals surface area contributed by atoms with Crippen molar-refractivity contribution in [3.05, 3.63) is 71.5 Å². The summed E-state index contributed by atoms with van der Waals surface area (Å²) in [4.78, 5) is 5.53. The summed E-state index contributed by atoms with van der Waals surface area (Å²) in [6, 6.07) is 18.0. The Kier molecular flexibility index (Phi) is 4.01. The largest absolute Gasteiger partial charge is 0.497 e. The summed E-state index contributed by atoms with van der Waals surface area (Å²) in [5.41, 5.74) is 3.14. The number of oxime groups is 1. The first-order chi connectivity index (χ1) is 10.3. The van der Waals surface area contributed by atoms with Crippen molar-refractivity contribution in [2.45, 2.75) is 12.8 Å². The van der Waals surface area contributed by atoms with Gasteiger partial charge in [0.1, 0.15) is 11.5 Å². The Balaban J connectivity index is 1.76. The van der Waals surface area contributed by atoms with E-state index in [4.69, 9.17) is 9.57 Å². The molecule has 0 aliphatic carbocycles. The molecule has 1 heterocycles. The van der Waals surface area contributed by atoms with Crippen LogP contribution >= 0.6 is 0 Å². The molecule has 1 aliphatic rings. The fraction of sp³-hybridized carbons (Fsp3) is 0.167. The van der Waals surface area contributed by atoms with Gasteiger partial charge in [-0.2, -0.15) is 0 Å². The molecule has 1 aliphatic heterocycles. The number of allylic oxidation sites excluding steroid dienone is 1. The van der Waals surface area contributed by atoms with Gasteiger partial charge in [-0.25, -0.2) is 0 Å². The van der Waals surface area contributed by atoms with Crippen molar-refractivity contribution in [2.24, 2.45) is 5.16 Å². The molecule has 106 valence electrons. The van der Waals surface area contributed by atoms with Crippen LogP contribution < -0.4 is 4.74 Å². The van der Waals surface area contributed by atoms with E-state index in [2.05, 4.69) is 17.3 Å². The summed E-state index contributed by atoms with van der Waals surface area (Å²) < 4.78 is 5.24. The van der Waals surface area contributed by atoms with Gasteiger partial charge in [0.2, 0.25) is 0 Å². The van der Waals surface area contributed by atoms with Gasteiger partial charge in [0.25, 0.3) is 0 Å². The number of nitrogens with zero attached hydrogens (tertiary/aromatic N) is 1. The third kappa shape index (κ3) is 3.31. The predicted octanol–water partition coefficient (Wildman–Crippen LogP) is 4.25. The van der Waals surface area contributed by atoms with Gasteiger partial charge in [-0.3, -0.25) is 0 Å². The summed E-state index contributed by atoms with van der Waals surface area (Å²) in [5, 5.41) is 4.25. The fourth-order valence-electron chi connectivity index (χ4n) is 2.28. The van der Waals surface area contributed by atoms with E-state index in [-0.39, 0.29) is 0 Å². The van der Waals surface area contributed by atoms with E-state index in [9.17, 15) is 0 Å². The van der Waals surface area contributed by atoms with Crippen LogP contribution in [0.25, 0.3) is 6.08 Å². The molecule has 0 atom stereocenters. The minimum absolute atomic E-state index is 0.834. The molecule has 0 unspecified atom stereocenters. The average molecular weight is 279 g/mol. The molecule has 3 nitrogen and oxygen atoms in total. The van der Waals surface area contributed by atoms with E-state index in [1.807, 2.05) is 48.5 Å². The molecule has 0 bridgehead atoms. The summed E-state index contributed by atoms with van der Waals surface area (Å²) in [5.74, 6) is 1.73. The lowest BCUT2D eigenvalue weighted by Crippen LogP contribution is -2.08. The molecule has 2 aromatic rings.